The molecule has 0 spiro atoms. The van der Waals surface area contributed by atoms with E-state index in [9.17, 15) is 0 Å². The van der Waals surface area contributed by atoms with Gasteiger partial charge in [0.25, 0.3) is 0 Å². The second-order valence-electron chi connectivity index (χ2n) is 14.5. The highest BCUT2D eigenvalue weighted by atomic mass is 16.3. The van der Waals surface area contributed by atoms with E-state index in [1.165, 1.54) is 49.6 Å². The largest absolute Gasteiger partial charge is 0.456 e. The third-order valence-electron chi connectivity index (χ3n) is 11.2. The maximum atomic E-state index is 6.24. The van der Waals surface area contributed by atoms with Crippen molar-refractivity contribution in [2.45, 2.75) is 0 Å². The third-order valence-corrected chi connectivity index (χ3v) is 11.2. The first-order chi connectivity index (χ1) is 28.3. The summed E-state index contributed by atoms with van der Waals surface area (Å²) in [7, 11) is 0. The summed E-state index contributed by atoms with van der Waals surface area (Å²) in [5, 5.41) is 4.72. The van der Waals surface area contributed by atoms with E-state index in [1.54, 1.807) is 0 Å². The zero-order chi connectivity index (χ0) is 37.7. The zero-order valence-electron chi connectivity index (χ0n) is 31.1. The van der Waals surface area contributed by atoms with Crippen molar-refractivity contribution >= 4 is 60.8 Å². The van der Waals surface area contributed by atoms with E-state index in [2.05, 4.69) is 216 Å². The predicted molar refractivity (Wildman–Crippen MR) is 239 cm³/mol. The highest BCUT2D eigenvalue weighted by molar-refractivity contribution is 6.10. The molecule has 3 heteroatoms. The molecule has 0 atom stereocenters. The molecule has 0 saturated carbocycles. The van der Waals surface area contributed by atoms with Gasteiger partial charge in [0.2, 0.25) is 0 Å². The fourth-order valence-electron chi connectivity index (χ4n) is 8.47. The van der Waals surface area contributed by atoms with Crippen LogP contribution in [0, 0.1) is 0 Å². The van der Waals surface area contributed by atoms with Crippen molar-refractivity contribution in [2.75, 3.05) is 4.90 Å². The minimum absolute atomic E-state index is 0.881. The number of para-hydroxylation sites is 4. The molecule has 0 N–H and O–H groups in total. The second-order valence-corrected chi connectivity index (χ2v) is 14.5. The minimum Gasteiger partial charge on any atom is -0.456 e. The Balaban J connectivity index is 1.00. The number of nitrogens with zero attached hydrogens (tertiary/aromatic N) is 2. The lowest BCUT2D eigenvalue weighted by Gasteiger charge is -2.26. The van der Waals surface area contributed by atoms with E-state index in [0.717, 1.165) is 50.3 Å². The fraction of sp³-hybridized carbons (Fsp3) is 0. The van der Waals surface area contributed by atoms with Crippen LogP contribution in [0.3, 0.4) is 0 Å². The van der Waals surface area contributed by atoms with Gasteiger partial charge in [-0.1, -0.05) is 152 Å². The molecule has 0 aliphatic heterocycles. The number of anilines is 3. The molecular weight excluding hydrogens is 693 g/mol. The lowest BCUT2D eigenvalue weighted by Crippen LogP contribution is -2.09. The summed E-state index contributed by atoms with van der Waals surface area (Å²) in [6, 6.07) is 78.1. The Labute approximate surface area is 330 Å². The predicted octanol–water partition coefficient (Wildman–Crippen LogP) is 15.2. The number of furan rings is 1. The van der Waals surface area contributed by atoms with Crippen LogP contribution in [0.25, 0.3) is 82.8 Å². The van der Waals surface area contributed by atoms with Gasteiger partial charge in [0.1, 0.15) is 11.2 Å². The number of hydrogen-bond acceptors (Lipinski definition) is 2. The van der Waals surface area contributed by atoms with Crippen LogP contribution in [0.15, 0.2) is 223 Å². The molecular formula is C54H36N2O. The van der Waals surface area contributed by atoms with Gasteiger partial charge in [0.15, 0.2) is 0 Å². The summed E-state index contributed by atoms with van der Waals surface area (Å²) in [5.74, 6) is 0. The van der Waals surface area contributed by atoms with Crippen molar-refractivity contribution in [2.24, 2.45) is 0 Å². The van der Waals surface area contributed by atoms with Crippen LogP contribution in [-0.4, -0.2) is 4.57 Å². The lowest BCUT2D eigenvalue weighted by atomic mass is 10.00. The molecule has 2 heterocycles. The quantitative estimate of drug-likeness (QED) is 0.163. The molecule has 0 radical (unpaired) electrons. The first-order valence-electron chi connectivity index (χ1n) is 19.4. The second kappa shape index (κ2) is 13.6. The van der Waals surface area contributed by atoms with Crippen LogP contribution in [0.2, 0.25) is 0 Å². The lowest BCUT2D eigenvalue weighted by molar-refractivity contribution is 0.669. The average Bonchev–Trinajstić information content (AvgIpc) is 3.83. The molecule has 0 fully saturated rings. The Hall–Kier alpha value is -7.62. The van der Waals surface area contributed by atoms with Crippen LogP contribution in [-0.2, 0) is 0 Å². The molecule has 0 amide bonds. The number of fused-ring (bicyclic) bond motifs is 6. The Bertz CT molecular complexity index is 3160. The van der Waals surface area contributed by atoms with E-state index >= 15 is 0 Å². The number of benzene rings is 9. The Kier molecular flexibility index (Phi) is 7.82. The van der Waals surface area contributed by atoms with E-state index < -0.39 is 0 Å². The average molecular weight is 729 g/mol. The number of aromatic nitrogens is 1. The van der Waals surface area contributed by atoms with Gasteiger partial charge in [-0.25, -0.2) is 0 Å². The molecule has 3 nitrogen and oxygen atoms in total. The summed E-state index contributed by atoms with van der Waals surface area (Å²) in [4.78, 5) is 2.34. The molecule has 0 aliphatic rings. The molecule has 57 heavy (non-hydrogen) atoms. The monoisotopic (exact) mass is 728 g/mol. The van der Waals surface area contributed by atoms with E-state index in [0.29, 0.717) is 0 Å². The van der Waals surface area contributed by atoms with Crippen LogP contribution >= 0.6 is 0 Å². The molecule has 2 aromatic heterocycles. The summed E-state index contributed by atoms with van der Waals surface area (Å²) in [5.41, 5.74) is 15.7. The van der Waals surface area contributed by atoms with E-state index in [1.807, 2.05) is 12.1 Å². The molecule has 0 unspecified atom stereocenters. The SMILES string of the molecule is c1ccc(-c2ccc(-c3ccc(N(c4ccc(-c5ccccc5-n5c6ccccc6c6ccccc65)cc4)c4ccc5oc6ccccc6c5c4)cc3)cc2)cc1. The van der Waals surface area contributed by atoms with Gasteiger partial charge in [-0.3, -0.25) is 0 Å². The Morgan fingerprint density at radius 3 is 1.42 bits per heavy atom. The molecule has 268 valence electrons. The van der Waals surface area contributed by atoms with Crippen LogP contribution in [0.1, 0.15) is 0 Å². The molecule has 0 saturated heterocycles. The van der Waals surface area contributed by atoms with Crippen molar-refractivity contribution in [3.05, 3.63) is 218 Å². The van der Waals surface area contributed by atoms with Gasteiger partial charge in [-0.15, -0.1) is 0 Å². The van der Waals surface area contributed by atoms with Crippen molar-refractivity contribution in [3.8, 4) is 39.1 Å². The minimum atomic E-state index is 0.881. The Morgan fingerprint density at radius 1 is 0.316 bits per heavy atom. The maximum absolute atomic E-state index is 6.24. The normalized spacial score (nSPS) is 11.5. The van der Waals surface area contributed by atoms with Gasteiger partial charge in [0.05, 0.1) is 16.7 Å². The summed E-state index contributed by atoms with van der Waals surface area (Å²) in [6.07, 6.45) is 0. The number of hydrogen-bond donors (Lipinski definition) is 0. The number of rotatable bonds is 7. The highest BCUT2D eigenvalue weighted by Crippen LogP contribution is 2.41. The third kappa shape index (κ3) is 5.68. The summed E-state index contributed by atoms with van der Waals surface area (Å²) in [6.45, 7) is 0. The van der Waals surface area contributed by atoms with Crippen LogP contribution in [0.4, 0.5) is 17.1 Å². The molecule has 0 aliphatic carbocycles. The van der Waals surface area contributed by atoms with E-state index in [-0.39, 0.29) is 0 Å². The summed E-state index contributed by atoms with van der Waals surface area (Å²) < 4.78 is 8.64. The summed E-state index contributed by atoms with van der Waals surface area (Å²) >= 11 is 0. The zero-order valence-corrected chi connectivity index (χ0v) is 31.1. The van der Waals surface area contributed by atoms with Crippen molar-refractivity contribution in [1.29, 1.82) is 0 Å². The van der Waals surface area contributed by atoms with Gasteiger partial charge in [-0.05, 0) is 94.5 Å². The smallest absolute Gasteiger partial charge is 0.135 e. The fourth-order valence-corrected chi connectivity index (χ4v) is 8.47. The van der Waals surface area contributed by atoms with Gasteiger partial charge >= 0.3 is 0 Å². The van der Waals surface area contributed by atoms with Crippen molar-refractivity contribution in [1.82, 2.24) is 4.57 Å². The molecule has 11 rings (SSSR count). The van der Waals surface area contributed by atoms with Gasteiger partial charge < -0.3 is 13.9 Å². The Morgan fingerprint density at radius 2 is 0.772 bits per heavy atom. The first kappa shape index (κ1) is 32.8. The van der Waals surface area contributed by atoms with E-state index in [4.69, 9.17) is 4.42 Å². The van der Waals surface area contributed by atoms with Crippen LogP contribution < -0.4 is 4.90 Å². The topological polar surface area (TPSA) is 21.3 Å². The molecule has 11 aromatic rings. The van der Waals surface area contributed by atoms with Crippen molar-refractivity contribution in [3.63, 3.8) is 0 Å². The molecule has 9 aromatic carbocycles. The molecule has 0 bridgehead atoms. The van der Waals surface area contributed by atoms with Crippen LogP contribution in [0.5, 0.6) is 0 Å². The first-order valence-corrected chi connectivity index (χ1v) is 19.4. The maximum Gasteiger partial charge on any atom is 0.135 e. The van der Waals surface area contributed by atoms with Gasteiger partial charge in [-0.2, -0.15) is 0 Å². The highest BCUT2D eigenvalue weighted by Gasteiger charge is 2.18. The van der Waals surface area contributed by atoms with Crippen molar-refractivity contribution < 1.29 is 4.42 Å². The standard InChI is InChI=1S/C54H36N2O/c1-2-12-37(13-3-1)38-22-24-39(25-23-38)40-26-30-42(31-27-40)55(44-34-35-54-49(36-44)48-17-7-11-21-53(48)57-54)43-32-28-41(29-33-43)45-14-4-8-18-50(45)56-51-19-9-5-15-46(51)47-16-6-10-20-52(47)56/h1-36H. The van der Waals surface area contributed by atoms with Gasteiger partial charge in [0, 0.05) is 44.2 Å².